The van der Waals surface area contributed by atoms with Gasteiger partial charge in [0.15, 0.2) is 0 Å². The van der Waals surface area contributed by atoms with Crippen LogP contribution in [0.2, 0.25) is 0 Å². The summed E-state index contributed by atoms with van der Waals surface area (Å²) in [7, 11) is 0. The Bertz CT molecular complexity index is 651. The summed E-state index contributed by atoms with van der Waals surface area (Å²) in [5, 5.41) is 4.21. The number of piperidine rings is 1. The van der Waals surface area contributed by atoms with E-state index >= 15 is 0 Å². The number of para-hydroxylation sites is 1. The molecule has 2 fully saturated rings. The fourth-order valence-corrected chi connectivity index (χ4v) is 3.37. The Morgan fingerprint density at radius 1 is 1.14 bits per heavy atom. The Labute approximate surface area is 124 Å². The van der Waals surface area contributed by atoms with E-state index in [1.165, 1.54) is 12.8 Å². The summed E-state index contributed by atoms with van der Waals surface area (Å²) in [4.78, 5) is 18.2. The normalized spacial score (nSPS) is 20.8. The lowest BCUT2D eigenvalue weighted by Crippen LogP contribution is -2.45. The summed E-state index contributed by atoms with van der Waals surface area (Å²) in [6.07, 6.45) is 6.70. The number of rotatable bonds is 3. The van der Waals surface area contributed by atoms with Crippen LogP contribution in [0.3, 0.4) is 0 Å². The lowest BCUT2D eigenvalue weighted by atomic mass is 10.0. The van der Waals surface area contributed by atoms with E-state index in [0.29, 0.717) is 6.04 Å². The number of fused-ring (bicyclic) bond motifs is 1. The molecule has 4 rings (SSSR count). The fourth-order valence-electron chi connectivity index (χ4n) is 3.37. The van der Waals surface area contributed by atoms with Crippen LogP contribution >= 0.6 is 0 Å². The summed E-state index contributed by atoms with van der Waals surface area (Å²) in [5.41, 5.74) is 1.78. The molecule has 2 N–H and O–H groups in total. The SMILES string of the molecule is O=C(NC1CCN(C2CC2)CC1)c1c[nH]c2ccccc12. The maximum atomic E-state index is 12.5. The summed E-state index contributed by atoms with van der Waals surface area (Å²) in [5.74, 6) is 0.0531. The van der Waals surface area contributed by atoms with Crippen LogP contribution in [0.1, 0.15) is 36.0 Å². The number of amides is 1. The minimum absolute atomic E-state index is 0.0531. The van der Waals surface area contributed by atoms with Crippen molar-refractivity contribution >= 4 is 16.8 Å². The molecule has 0 unspecified atom stereocenters. The second-order valence-corrected chi connectivity index (χ2v) is 6.26. The third kappa shape index (κ3) is 2.56. The van der Waals surface area contributed by atoms with E-state index in [2.05, 4.69) is 15.2 Å². The second kappa shape index (κ2) is 5.19. The average molecular weight is 283 g/mol. The highest BCUT2D eigenvalue weighted by Gasteiger charge is 2.32. The standard InChI is InChI=1S/C17H21N3O/c21-17(15-11-18-16-4-2-1-3-14(15)16)19-12-7-9-20(10-8-12)13-5-6-13/h1-4,11-13,18H,5-10H2,(H,19,21). The molecule has 2 heterocycles. The maximum absolute atomic E-state index is 12.5. The van der Waals surface area contributed by atoms with Crippen molar-refractivity contribution in [1.82, 2.24) is 15.2 Å². The molecule has 4 heteroatoms. The molecule has 2 aliphatic rings. The Morgan fingerprint density at radius 2 is 1.90 bits per heavy atom. The third-order valence-corrected chi connectivity index (χ3v) is 4.76. The predicted octanol–water partition coefficient (Wildman–Crippen LogP) is 2.52. The third-order valence-electron chi connectivity index (χ3n) is 4.76. The highest BCUT2D eigenvalue weighted by Crippen LogP contribution is 2.29. The van der Waals surface area contributed by atoms with Gasteiger partial charge in [0.2, 0.25) is 0 Å². The van der Waals surface area contributed by atoms with Gasteiger partial charge in [-0.1, -0.05) is 18.2 Å². The van der Waals surface area contributed by atoms with Gasteiger partial charge in [-0.15, -0.1) is 0 Å². The van der Waals surface area contributed by atoms with Gasteiger partial charge in [0.25, 0.3) is 5.91 Å². The molecule has 110 valence electrons. The van der Waals surface area contributed by atoms with Crippen molar-refractivity contribution in [2.75, 3.05) is 13.1 Å². The van der Waals surface area contributed by atoms with Crippen LogP contribution in [0.25, 0.3) is 10.9 Å². The lowest BCUT2D eigenvalue weighted by molar-refractivity contribution is 0.0911. The number of aromatic nitrogens is 1. The molecule has 0 bridgehead atoms. The van der Waals surface area contributed by atoms with Crippen molar-refractivity contribution < 1.29 is 4.79 Å². The van der Waals surface area contributed by atoms with E-state index in [4.69, 9.17) is 0 Å². The van der Waals surface area contributed by atoms with Crippen LogP contribution in [-0.2, 0) is 0 Å². The number of nitrogens with one attached hydrogen (secondary N) is 2. The lowest BCUT2D eigenvalue weighted by Gasteiger charge is -2.32. The van der Waals surface area contributed by atoms with Gasteiger partial charge in [-0.2, -0.15) is 0 Å². The molecule has 1 aromatic carbocycles. The smallest absolute Gasteiger partial charge is 0.253 e. The van der Waals surface area contributed by atoms with Gasteiger partial charge in [-0.05, 0) is 31.7 Å². The van der Waals surface area contributed by atoms with E-state index in [9.17, 15) is 4.79 Å². The first kappa shape index (κ1) is 12.9. The molecule has 0 atom stereocenters. The van der Waals surface area contributed by atoms with Gasteiger partial charge in [0.1, 0.15) is 0 Å². The summed E-state index contributed by atoms with van der Waals surface area (Å²) in [6.45, 7) is 2.26. The van der Waals surface area contributed by atoms with Gasteiger partial charge in [-0.25, -0.2) is 0 Å². The van der Waals surface area contributed by atoms with E-state index < -0.39 is 0 Å². The van der Waals surface area contributed by atoms with Gasteiger partial charge in [-0.3, -0.25) is 4.79 Å². The second-order valence-electron chi connectivity index (χ2n) is 6.26. The largest absolute Gasteiger partial charge is 0.360 e. The highest BCUT2D eigenvalue weighted by molar-refractivity contribution is 6.06. The Balaban J connectivity index is 1.41. The number of likely N-dealkylation sites (tertiary alicyclic amines) is 1. The van der Waals surface area contributed by atoms with Gasteiger partial charge in [0, 0.05) is 42.3 Å². The predicted molar refractivity (Wildman–Crippen MR) is 83.4 cm³/mol. The van der Waals surface area contributed by atoms with Crippen molar-refractivity contribution in [3.8, 4) is 0 Å². The van der Waals surface area contributed by atoms with Crippen molar-refractivity contribution in [2.24, 2.45) is 0 Å². The molecule has 2 aromatic rings. The molecule has 0 radical (unpaired) electrons. The first-order valence-corrected chi connectivity index (χ1v) is 7.92. The molecule has 1 saturated heterocycles. The molecule has 4 nitrogen and oxygen atoms in total. The van der Waals surface area contributed by atoms with E-state index in [1.54, 1.807) is 0 Å². The summed E-state index contributed by atoms with van der Waals surface area (Å²) >= 11 is 0. The summed E-state index contributed by atoms with van der Waals surface area (Å²) < 4.78 is 0. The molecule has 0 spiro atoms. The van der Waals surface area contributed by atoms with E-state index in [-0.39, 0.29) is 5.91 Å². The number of benzene rings is 1. The van der Waals surface area contributed by atoms with Crippen molar-refractivity contribution in [2.45, 2.75) is 37.8 Å². The number of nitrogens with zero attached hydrogens (tertiary/aromatic N) is 1. The molecular formula is C17H21N3O. The number of carbonyl (C=O) groups excluding carboxylic acids is 1. The Hall–Kier alpha value is -1.81. The van der Waals surface area contributed by atoms with E-state index in [1.807, 2.05) is 30.5 Å². The quantitative estimate of drug-likeness (QED) is 0.909. The number of aromatic amines is 1. The van der Waals surface area contributed by atoms with Crippen LogP contribution in [0.5, 0.6) is 0 Å². The first-order valence-electron chi connectivity index (χ1n) is 7.92. The zero-order valence-corrected chi connectivity index (χ0v) is 12.1. The molecular weight excluding hydrogens is 262 g/mol. The molecule has 1 aliphatic carbocycles. The molecule has 1 saturated carbocycles. The van der Waals surface area contributed by atoms with Crippen LogP contribution in [0.4, 0.5) is 0 Å². The molecule has 1 aromatic heterocycles. The highest BCUT2D eigenvalue weighted by atomic mass is 16.1. The average Bonchev–Trinajstić information content (AvgIpc) is 3.27. The van der Waals surface area contributed by atoms with Crippen LogP contribution in [0.15, 0.2) is 30.5 Å². The monoisotopic (exact) mass is 283 g/mol. The number of hydrogen-bond acceptors (Lipinski definition) is 2. The minimum atomic E-state index is 0.0531. The van der Waals surface area contributed by atoms with Crippen LogP contribution in [-0.4, -0.2) is 41.0 Å². The summed E-state index contributed by atoms with van der Waals surface area (Å²) in [6, 6.07) is 9.11. The van der Waals surface area contributed by atoms with Crippen molar-refractivity contribution in [3.63, 3.8) is 0 Å². The number of H-pyrrole nitrogens is 1. The molecule has 21 heavy (non-hydrogen) atoms. The first-order chi connectivity index (χ1) is 10.3. The zero-order chi connectivity index (χ0) is 14.2. The van der Waals surface area contributed by atoms with Gasteiger partial charge >= 0.3 is 0 Å². The maximum Gasteiger partial charge on any atom is 0.253 e. The number of carbonyl (C=O) groups is 1. The van der Waals surface area contributed by atoms with Crippen molar-refractivity contribution in [3.05, 3.63) is 36.0 Å². The number of hydrogen-bond donors (Lipinski definition) is 2. The van der Waals surface area contributed by atoms with Crippen LogP contribution < -0.4 is 5.32 Å². The Kier molecular flexibility index (Phi) is 3.19. The van der Waals surface area contributed by atoms with Gasteiger partial charge in [0.05, 0.1) is 5.56 Å². The Morgan fingerprint density at radius 3 is 2.67 bits per heavy atom. The van der Waals surface area contributed by atoms with Crippen molar-refractivity contribution in [1.29, 1.82) is 0 Å². The van der Waals surface area contributed by atoms with Crippen LogP contribution in [0, 0.1) is 0 Å². The minimum Gasteiger partial charge on any atom is -0.360 e. The molecule has 1 amide bonds. The topological polar surface area (TPSA) is 48.1 Å². The van der Waals surface area contributed by atoms with E-state index in [0.717, 1.165) is 48.4 Å². The fraction of sp³-hybridized carbons (Fsp3) is 0.471. The molecule has 1 aliphatic heterocycles. The van der Waals surface area contributed by atoms with Gasteiger partial charge < -0.3 is 15.2 Å². The zero-order valence-electron chi connectivity index (χ0n) is 12.1.